The van der Waals surface area contributed by atoms with E-state index in [1.54, 1.807) is 16.4 Å². The molecule has 5 nitrogen and oxygen atoms in total. The third-order valence-electron chi connectivity index (χ3n) is 3.06. The smallest absolute Gasteiger partial charge is 0.210 e. The Balaban J connectivity index is 1.94. The number of rotatable bonds is 7. The number of nitrogen functional groups attached to an aromatic ring is 1. The van der Waals surface area contributed by atoms with Gasteiger partial charge in [0.1, 0.15) is 0 Å². The highest BCUT2D eigenvalue weighted by molar-refractivity contribution is 7.98. The maximum absolute atomic E-state index is 9.00. The van der Waals surface area contributed by atoms with E-state index in [0.717, 1.165) is 41.6 Å². The summed E-state index contributed by atoms with van der Waals surface area (Å²) in [5.41, 5.74) is 2.09. The molecule has 0 atom stereocenters. The Hall–Kier alpha value is -1.53. The molecule has 0 aliphatic carbocycles. The Bertz CT molecular complexity index is 539. The van der Waals surface area contributed by atoms with E-state index in [2.05, 4.69) is 17.1 Å². The maximum atomic E-state index is 9.00. The van der Waals surface area contributed by atoms with Crippen LogP contribution in [-0.2, 0) is 18.8 Å². The number of nitrogens with two attached hydrogens (primary N) is 1. The molecule has 0 spiro atoms. The molecule has 1 aromatic heterocycles. The second-order valence-corrected chi connectivity index (χ2v) is 5.58. The standard InChI is InChI=1S/C14H20N4OS/c1-2-3-4-13-16-17-14(18(13)15)20-10-12-7-5-11(9-19)6-8-12/h5-8,19H,2-4,9-10,15H2,1H3. The lowest BCUT2D eigenvalue weighted by Crippen LogP contribution is -2.14. The third kappa shape index (κ3) is 3.74. The van der Waals surface area contributed by atoms with E-state index in [-0.39, 0.29) is 6.61 Å². The topological polar surface area (TPSA) is 77.0 Å². The van der Waals surface area contributed by atoms with Gasteiger partial charge in [0.25, 0.3) is 0 Å². The van der Waals surface area contributed by atoms with E-state index in [1.807, 2.05) is 24.3 Å². The summed E-state index contributed by atoms with van der Waals surface area (Å²) < 4.78 is 1.59. The van der Waals surface area contributed by atoms with Gasteiger partial charge in [0, 0.05) is 12.2 Å². The van der Waals surface area contributed by atoms with Crippen LogP contribution in [0.2, 0.25) is 0 Å². The molecule has 0 aliphatic heterocycles. The summed E-state index contributed by atoms with van der Waals surface area (Å²) >= 11 is 1.57. The van der Waals surface area contributed by atoms with Crippen LogP contribution in [0.5, 0.6) is 0 Å². The number of unbranched alkanes of at least 4 members (excludes halogenated alkanes) is 1. The number of benzene rings is 1. The second kappa shape index (κ2) is 7.31. The van der Waals surface area contributed by atoms with Crippen molar-refractivity contribution in [1.29, 1.82) is 0 Å². The van der Waals surface area contributed by atoms with E-state index in [4.69, 9.17) is 10.9 Å². The molecule has 0 radical (unpaired) electrons. The summed E-state index contributed by atoms with van der Waals surface area (Å²) in [6.07, 6.45) is 3.06. The molecule has 6 heteroatoms. The summed E-state index contributed by atoms with van der Waals surface area (Å²) in [4.78, 5) is 0. The van der Waals surface area contributed by atoms with Gasteiger partial charge in [-0.2, -0.15) is 0 Å². The largest absolute Gasteiger partial charge is 0.392 e. The Morgan fingerprint density at radius 3 is 2.55 bits per heavy atom. The van der Waals surface area contributed by atoms with Gasteiger partial charge < -0.3 is 10.9 Å². The number of hydrogen-bond acceptors (Lipinski definition) is 5. The van der Waals surface area contributed by atoms with Crippen molar-refractivity contribution in [2.45, 2.75) is 43.7 Å². The van der Waals surface area contributed by atoms with Gasteiger partial charge in [-0.25, -0.2) is 4.68 Å². The molecule has 3 N–H and O–H groups in total. The van der Waals surface area contributed by atoms with Crippen molar-refractivity contribution in [3.05, 3.63) is 41.2 Å². The van der Waals surface area contributed by atoms with Crippen molar-refractivity contribution in [1.82, 2.24) is 14.9 Å². The lowest BCUT2D eigenvalue weighted by atomic mass is 10.2. The fourth-order valence-corrected chi connectivity index (χ4v) is 2.63. The van der Waals surface area contributed by atoms with Gasteiger partial charge in [0.2, 0.25) is 5.16 Å². The first-order valence-corrected chi connectivity index (χ1v) is 7.74. The minimum atomic E-state index is 0.0747. The Labute approximate surface area is 123 Å². The predicted molar refractivity (Wildman–Crippen MR) is 80.7 cm³/mol. The van der Waals surface area contributed by atoms with Crippen LogP contribution in [0.15, 0.2) is 29.4 Å². The van der Waals surface area contributed by atoms with Gasteiger partial charge in [-0.05, 0) is 17.5 Å². The van der Waals surface area contributed by atoms with E-state index in [9.17, 15) is 0 Å². The van der Waals surface area contributed by atoms with E-state index >= 15 is 0 Å². The monoisotopic (exact) mass is 292 g/mol. The second-order valence-electron chi connectivity index (χ2n) is 4.64. The molecular weight excluding hydrogens is 272 g/mol. The van der Waals surface area contributed by atoms with Crippen molar-refractivity contribution < 1.29 is 5.11 Å². The fourth-order valence-electron chi connectivity index (χ4n) is 1.80. The van der Waals surface area contributed by atoms with E-state index in [0.29, 0.717) is 0 Å². The lowest BCUT2D eigenvalue weighted by Gasteiger charge is -2.04. The van der Waals surface area contributed by atoms with Crippen LogP contribution in [0.4, 0.5) is 0 Å². The van der Waals surface area contributed by atoms with Gasteiger partial charge in [-0.15, -0.1) is 10.2 Å². The van der Waals surface area contributed by atoms with Crippen molar-refractivity contribution >= 4 is 11.8 Å². The first kappa shape index (κ1) is 14.9. The Kier molecular flexibility index (Phi) is 5.43. The highest BCUT2D eigenvalue weighted by atomic mass is 32.2. The van der Waals surface area contributed by atoms with Crippen LogP contribution in [0.3, 0.4) is 0 Å². The van der Waals surface area contributed by atoms with Crippen LogP contribution in [0.1, 0.15) is 36.7 Å². The van der Waals surface area contributed by atoms with Crippen LogP contribution in [-0.4, -0.2) is 20.0 Å². The molecule has 0 saturated heterocycles. The van der Waals surface area contributed by atoms with Crippen molar-refractivity contribution in [2.75, 3.05) is 5.84 Å². The van der Waals surface area contributed by atoms with Gasteiger partial charge in [-0.1, -0.05) is 49.4 Å². The summed E-state index contributed by atoms with van der Waals surface area (Å²) in [7, 11) is 0. The lowest BCUT2D eigenvalue weighted by molar-refractivity contribution is 0.282. The van der Waals surface area contributed by atoms with E-state index in [1.165, 1.54) is 5.56 Å². The molecule has 1 aromatic carbocycles. The summed E-state index contributed by atoms with van der Waals surface area (Å²) in [5.74, 6) is 7.62. The average Bonchev–Trinajstić information content (AvgIpc) is 2.84. The highest BCUT2D eigenvalue weighted by Gasteiger charge is 2.09. The molecule has 0 saturated carbocycles. The van der Waals surface area contributed by atoms with Crippen molar-refractivity contribution in [3.63, 3.8) is 0 Å². The normalized spacial score (nSPS) is 10.9. The molecule has 0 unspecified atom stereocenters. The molecule has 2 rings (SSSR count). The molecule has 108 valence electrons. The number of aromatic nitrogens is 3. The highest BCUT2D eigenvalue weighted by Crippen LogP contribution is 2.21. The minimum absolute atomic E-state index is 0.0747. The van der Waals surface area contributed by atoms with Crippen LogP contribution in [0, 0.1) is 0 Å². The zero-order chi connectivity index (χ0) is 14.4. The first-order valence-electron chi connectivity index (χ1n) is 6.75. The number of aliphatic hydroxyl groups is 1. The maximum Gasteiger partial charge on any atom is 0.210 e. The van der Waals surface area contributed by atoms with Crippen molar-refractivity contribution in [3.8, 4) is 0 Å². The quantitative estimate of drug-likeness (QED) is 0.604. The van der Waals surface area contributed by atoms with E-state index < -0.39 is 0 Å². The third-order valence-corrected chi connectivity index (χ3v) is 4.08. The molecule has 0 amide bonds. The van der Waals surface area contributed by atoms with Crippen LogP contribution < -0.4 is 5.84 Å². The zero-order valence-corrected chi connectivity index (χ0v) is 12.4. The zero-order valence-electron chi connectivity index (χ0n) is 11.6. The number of aryl methyl sites for hydroxylation is 1. The molecule has 20 heavy (non-hydrogen) atoms. The summed E-state index contributed by atoms with van der Waals surface area (Å²) in [5, 5.41) is 18.0. The molecule has 0 bridgehead atoms. The Morgan fingerprint density at radius 1 is 1.20 bits per heavy atom. The van der Waals surface area contributed by atoms with Gasteiger partial charge >= 0.3 is 0 Å². The van der Waals surface area contributed by atoms with Gasteiger partial charge in [-0.3, -0.25) is 0 Å². The first-order chi connectivity index (χ1) is 9.74. The van der Waals surface area contributed by atoms with Gasteiger partial charge in [0.05, 0.1) is 6.61 Å². The van der Waals surface area contributed by atoms with Crippen molar-refractivity contribution in [2.24, 2.45) is 0 Å². The molecule has 0 fully saturated rings. The minimum Gasteiger partial charge on any atom is -0.392 e. The van der Waals surface area contributed by atoms with Gasteiger partial charge in [0.15, 0.2) is 5.82 Å². The molecule has 0 aliphatic rings. The molecule has 1 heterocycles. The molecule has 2 aromatic rings. The Morgan fingerprint density at radius 2 is 1.90 bits per heavy atom. The number of thioether (sulfide) groups is 1. The number of hydrogen-bond donors (Lipinski definition) is 2. The summed E-state index contributed by atoms with van der Waals surface area (Å²) in [6, 6.07) is 7.87. The average molecular weight is 292 g/mol. The summed E-state index contributed by atoms with van der Waals surface area (Å²) in [6.45, 7) is 2.22. The molecular formula is C14H20N4OS. The fraction of sp³-hybridized carbons (Fsp3) is 0.429. The predicted octanol–water partition coefficient (Wildman–Crippen LogP) is 2.12. The number of aliphatic hydroxyl groups excluding tert-OH is 1. The van der Waals surface area contributed by atoms with Crippen LogP contribution >= 0.6 is 11.8 Å². The SMILES string of the molecule is CCCCc1nnc(SCc2ccc(CO)cc2)n1N. The number of nitrogens with zero attached hydrogens (tertiary/aromatic N) is 3. The van der Waals surface area contributed by atoms with Crippen LogP contribution in [0.25, 0.3) is 0 Å².